The van der Waals surface area contributed by atoms with Crippen LogP contribution in [0.5, 0.6) is 0 Å². The van der Waals surface area contributed by atoms with Crippen LogP contribution in [0.25, 0.3) is 0 Å². The van der Waals surface area contributed by atoms with Crippen LogP contribution < -0.4 is 10.6 Å². The van der Waals surface area contributed by atoms with Gasteiger partial charge < -0.3 is 5.32 Å². The largest absolute Gasteiger partial charge is 0.354 e. The molecule has 5 nitrogen and oxygen atoms in total. The van der Waals surface area contributed by atoms with Crippen molar-refractivity contribution >= 4 is 11.9 Å². The van der Waals surface area contributed by atoms with Crippen molar-refractivity contribution in [3.05, 3.63) is 30.1 Å². The highest BCUT2D eigenvalue weighted by Crippen LogP contribution is 1.95. The average Bonchev–Trinajstić information content (AvgIpc) is 2.72. The minimum Gasteiger partial charge on any atom is -0.354 e. The van der Waals surface area contributed by atoms with E-state index >= 15 is 0 Å². The van der Waals surface area contributed by atoms with Gasteiger partial charge >= 0.3 is 0 Å². The highest BCUT2D eigenvalue weighted by molar-refractivity contribution is 6.05. The number of aromatic nitrogens is 1. The van der Waals surface area contributed by atoms with Gasteiger partial charge in [0, 0.05) is 18.9 Å². The summed E-state index contributed by atoms with van der Waals surface area (Å²) in [5.41, 5.74) is 0.531. The number of hydrogen-bond donors (Lipinski definition) is 2. The van der Waals surface area contributed by atoms with Gasteiger partial charge in [-0.15, -0.1) is 0 Å². The zero-order valence-electron chi connectivity index (χ0n) is 7.53. The number of amides is 1. The maximum Gasteiger partial charge on any atom is 0.259 e. The van der Waals surface area contributed by atoms with E-state index in [1.54, 1.807) is 18.3 Å². The summed E-state index contributed by atoms with van der Waals surface area (Å²) in [4.78, 5) is 19.4. The minimum atomic E-state index is -0.189. The Morgan fingerprint density at radius 3 is 3.14 bits per heavy atom. The van der Waals surface area contributed by atoms with E-state index in [1.807, 2.05) is 0 Å². The molecule has 0 fully saturated rings. The molecule has 0 aromatic carbocycles. The lowest BCUT2D eigenvalue weighted by Gasteiger charge is -2.03. The zero-order chi connectivity index (χ0) is 9.80. The van der Waals surface area contributed by atoms with Crippen molar-refractivity contribution in [3.63, 3.8) is 0 Å². The van der Waals surface area contributed by atoms with Gasteiger partial charge in [-0.25, -0.2) is 0 Å². The molecule has 1 aliphatic rings. The Kier molecular flexibility index (Phi) is 2.40. The summed E-state index contributed by atoms with van der Waals surface area (Å²) >= 11 is 0. The third-order valence-electron chi connectivity index (χ3n) is 1.83. The van der Waals surface area contributed by atoms with Gasteiger partial charge in [-0.1, -0.05) is 0 Å². The van der Waals surface area contributed by atoms with E-state index < -0.39 is 0 Å². The van der Waals surface area contributed by atoms with Crippen LogP contribution in [-0.4, -0.2) is 29.9 Å². The van der Waals surface area contributed by atoms with Crippen molar-refractivity contribution in [3.8, 4) is 0 Å². The van der Waals surface area contributed by atoms with Crippen molar-refractivity contribution in [2.24, 2.45) is 4.99 Å². The van der Waals surface area contributed by atoms with E-state index in [0.717, 1.165) is 6.54 Å². The smallest absolute Gasteiger partial charge is 0.259 e. The topological polar surface area (TPSA) is 66.4 Å². The van der Waals surface area contributed by atoms with E-state index in [1.165, 1.54) is 6.20 Å². The molecule has 0 atom stereocenters. The zero-order valence-corrected chi connectivity index (χ0v) is 7.53. The molecule has 0 saturated heterocycles. The number of aliphatic imine (C=N–C) groups is 1. The molecule has 1 aliphatic heterocycles. The monoisotopic (exact) mass is 190 g/mol. The van der Waals surface area contributed by atoms with Gasteiger partial charge in [0.25, 0.3) is 5.91 Å². The first kappa shape index (κ1) is 8.68. The van der Waals surface area contributed by atoms with Crippen molar-refractivity contribution < 1.29 is 4.79 Å². The van der Waals surface area contributed by atoms with Crippen molar-refractivity contribution in [2.45, 2.75) is 0 Å². The summed E-state index contributed by atoms with van der Waals surface area (Å²) in [5.74, 6) is 0.352. The van der Waals surface area contributed by atoms with Crippen LogP contribution in [-0.2, 0) is 0 Å². The molecule has 0 bridgehead atoms. The molecule has 0 radical (unpaired) electrons. The summed E-state index contributed by atoms with van der Waals surface area (Å²) < 4.78 is 0. The number of pyridine rings is 1. The van der Waals surface area contributed by atoms with E-state index in [2.05, 4.69) is 20.6 Å². The van der Waals surface area contributed by atoms with Crippen LogP contribution in [0.1, 0.15) is 10.4 Å². The van der Waals surface area contributed by atoms with E-state index in [4.69, 9.17) is 0 Å². The Labute approximate surface area is 81.3 Å². The quantitative estimate of drug-likeness (QED) is 0.643. The molecule has 0 spiro atoms. The first-order valence-electron chi connectivity index (χ1n) is 4.36. The molecule has 0 saturated carbocycles. The van der Waals surface area contributed by atoms with Gasteiger partial charge in [-0.05, 0) is 12.1 Å². The predicted octanol–water partition coefficient (Wildman–Crippen LogP) is -0.229. The summed E-state index contributed by atoms with van der Waals surface area (Å²) in [6.07, 6.45) is 3.15. The first-order valence-corrected chi connectivity index (χ1v) is 4.36. The maximum absolute atomic E-state index is 11.5. The fourth-order valence-electron chi connectivity index (χ4n) is 1.16. The third kappa shape index (κ3) is 1.87. The summed E-state index contributed by atoms with van der Waals surface area (Å²) in [6.45, 7) is 1.49. The van der Waals surface area contributed by atoms with E-state index in [-0.39, 0.29) is 5.91 Å². The maximum atomic E-state index is 11.5. The van der Waals surface area contributed by atoms with Gasteiger partial charge in [-0.3, -0.25) is 20.1 Å². The molecular weight excluding hydrogens is 180 g/mol. The SMILES string of the molecule is O=C(NC1=NCCN1)c1cccnc1. The molecule has 14 heavy (non-hydrogen) atoms. The highest BCUT2D eigenvalue weighted by Gasteiger charge is 2.10. The van der Waals surface area contributed by atoms with Crippen LogP contribution in [0.15, 0.2) is 29.5 Å². The number of guanidine groups is 1. The number of nitrogens with one attached hydrogen (secondary N) is 2. The van der Waals surface area contributed by atoms with Crippen LogP contribution in [0.3, 0.4) is 0 Å². The summed E-state index contributed by atoms with van der Waals surface area (Å²) in [6, 6.07) is 3.43. The highest BCUT2D eigenvalue weighted by atomic mass is 16.1. The van der Waals surface area contributed by atoms with E-state index in [0.29, 0.717) is 18.1 Å². The van der Waals surface area contributed by atoms with Gasteiger partial charge in [0.05, 0.1) is 12.1 Å². The number of hydrogen-bond acceptors (Lipinski definition) is 4. The number of carbonyl (C=O) groups is 1. The fraction of sp³-hybridized carbons (Fsp3) is 0.222. The van der Waals surface area contributed by atoms with Crippen molar-refractivity contribution in [1.82, 2.24) is 15.6 Å². The van der Waals surface area contributed by atoms with Gasteiger partial charge in [0.1, 0.15) is 0 Å². The molecular formula is C9H10N4O. The molecule has 5 heteroatoms. The fourth-order valence-corrected chi connectivity index (χ4v) is 1.16. The van der Waals surface area contributed by atoms with Gasteiger partial charge in [0.2, 0.25) is 0 Å². The lowest BCUT2D eigenvalue weighted by molar-refractivity contribution is 0.0976. The molecule has 1 aromatic rings. The predicted molar refractivity (Wildman–Crippen MR) is 52.0 cm³/mol. The van der Waals surface area contributed by atoms with Crippen molar-refractivity contribution in [2.75, 3.05) is 13.1 Å². The minimum absolute atomic E-state index is 0.189. The molecule has 2 rings (SSSR count). The van der Waals surface area contributed by atoms with E-state index in [9.17, 15) is 4.79 Å². The normalized spacial score (nSPS) is 14.4. The van der Waals surface area contributed by atoms with Gasteiger partial charge in [0.15, 0.2) is 5.96 Å². The second-order valence-corrected chi connectivity index (χ2v) is 2.85. The van der Waals surface area contributed by atoms with Crippen molar-refractivity contribution in [1.29, 1.82) is 0 Å². The Bertz CT molecular complexity index is 360. The Hall–Kier alpha value is -1.91. The summed E-state index contributed by atoms with van der Waals surface area (Å²) in [5, 5.41) is 5.61. The lowest BCUT2D eigenvalue weighted by atomic mass is 10.3. The molecule has 72 valence electrons. The average molecular weight is 190 g/mol. The summed E-state index contributed by atoms with van der Waals surface area (Å²) in [7, 11) is 0. The first-order chi connectivity index (χ1) is 6.86. The molecule has 2 heterocycles. The molecule has 1 aromatic heterocycles. The Morgan fingerprint density at radius 1 is 1.57 bits per heavy atom. The second-order valence-electron chi connectivity index (χ2n) is 2.85. The van der Waals surface area contributed by atoms with Crippen LogP contribution in [0.2, 0.25) is 0 Å². The Balaban J connectivity index is 2.03. The molecule has 1 amide bonds. The molecule has 0 aliphatic carbocycles. The Morgan fingerprint density at radius 2 is 2.50 bits per heavy atom. The standard InChI is InChI=1S/C9H10N4O/c14-8(7-2-1-3-10-6-7)13-9-11-4-5-12-9/h1-3,6H,4-5H2,(H2,11,12,13,14). The number of carbonyl (C=O) groups excluding carboxylic acids is 1. The third-order valence-corrected chi connectivity index (χ3v) is 1.83. The second kappa shape index (κ2) is 3.87. The lowest BCUT2D eigenvalue weighted by Crippen LogP contribution is -2.38. The van der Waals surface area contributed by atoms with Gasteiger partial charge in [-0.2, -0.15) is 0 Å². The number of rotatable bonds is 1. The molecule has 0 unspecified atom stereocenters. The van der Waals surface area contributed by atoms with Crippen LogP contribution in [0, 0.1) is 0 Å². The van der Waals surface area contributed by atoms with Crippen LogP contribution >= 0.6 is 0 Å². The molecule has 2 N–H and O–H groups in total. The van der Waals surface area contributed by atoms with Crippen LogP contribution in [0.4, 0.5) is 0 Å². The number of nitrogens with zero attached hydrogens (tertiary/aromatic N) is 2.